The molecule has 0 spiro atoms. The lowest BCUT2D eigenvalue weighted by Gasteiger charge is -2.19. The predicted octanol–water partition coefficient (Wildman–Crippen LogP) is -0.370. The monoisotopic (exact) mass is 238 g/mol. The van der Waals surface area contributed by atoms with Crippen molar-refractivity contribution in [1.29, 1.82) is 0 Å². The quantitative estimate of drug-likeness (QED) is 0.538. The van der Waals surface area contributed by atoms with Gasteiger partial charge in [-0.15, -0.1) is 0 Å². The molecule has 0 aliphatic heterocycles. The van der Waals surface area contributed by atoms with Crippen molar-refractivity contribution in [3.05, 3.63) is 0 Å². The molecule has 0 saturated carbocycles. The van der Waals surface area contributed by atoms with Gasteiger partial charge in [0.15, 0.2) is 0 Å². The van der Waals surface area contributed by atoms with E-state index in [1.807, 2.05) is 13.8 Å². The van der Waals surface area contributed by atoms with Crippen LogP contribution in [0, 0.1) is 0 Å². The molecule has 0 aliphatic carbocycles. The summed E-state index contributed by atoms with van der Waals surface area (Å²) >= 11 is 0. The second-order valence-corrected chi connectivity index (χ2v) is 5.33. The van der Waals surface area contributed by atoms with Crippen LogP contribution in [-0.2, 0) is 10.0 Å². The van der Waals surface area contributed by atoms with E-state index in [0.717, 1.165) is 6.54 Å². The lowest BCUT2D eigenvalue weighted by Crippen LogP contribution is -2.37. The van der Waals surface area contributed by atoms with Crippen LogP contribution in [0.15, 0.2) is 0 Å². The van der Waals surface area contributed by atoms with Gasteiger partial charge in [0, 0.05) is 26.2 Å². The number of hydrogen-bond acceptors (Lipinski definition) is 4. The van der Waals surface area contributed by atoms with Gasteiger partial charge in [-0.2, -0.15) is 0 Å². The molecular formula is C9H22N2O3S. The lowest BCUT2D eigenvalue weighted by molar-refractivity contribution is 0.271. The van der Waals surface area contributed by atoms with Crippen molar-refractivity contribution in [2.24, 2.45) is 0 Å². The van der Waals surface area contributed by atoms with Crippen LogP contribution in [0.2, 0.25) is 0 Å². The zero-order valence-electron chi connectivity index (χ0n) is 9.57. The molecule has 92 valence electrons. The second kappa shape index (κ2) is 8.04. The van der Waals surface area contributed by atoms with Crippen LogP contribution in [0.3, 0.4) is 0 Å². The highest BCUT2D eigenvalue weighted by molar-refractivity contribution is 7.89. The molecule has 6 heteroatoms. The summed E-state index contributed by atoms with van der Waals surface area (Å²) in [5.41, 5.74) is 0. The van der Waals surface area contributed by atoms with Gasteiger partial charge in [0.25, 0.3) is 0 Å². The van der Waals surface area contributed by atoms with Gasteiger partial charge >= 0.3 is 0 Å². The SMILES string of the molecule is CCNCCS(=O)(=O)N(CC)CCCO. The molecule has 0 aromatic carbocycles. The third-order valence-corrected chi connectivity index (χ3v) is 4.05. The lowest BCUT2D eigenvalue weighted by atomic mass is 10.4. The largest absolute Gasteiger partial charge is 0.396 e. The number of aliphatic hydroxyl groups excluding tert-OH is 1. The predicted molar refractivity (Wildman–Crippen MR) is 61.3 cm³/mol. The average molecular weight is 238 g/mol. The molecule has 0 radical (unpaired) electrons. The Labute approximate surface area is 92.5 Å². The second-order valence-electron chi connectivity index (χ2n) is 3.24. The number of hydrogen-bond donors (Lipinski definition) is 2. The van der Waals surface area contributed by atoms with E-state index in [4.69, 9.17) is 5.11 Å². The Morgan fingerprint density at radius 2 is 2.00 bits per heavy atom. The Balaban J connectivity index is 4.13. The van der Waals surface area contributed by atoms with E-state index in [1.54, 1.807) is 0 Å². The number of aliphatic hydroxyl groups is 1. The number of nitrogens with zero attached hydrogens (tertiary/aromatic N) is 1. The van der Waals surface area contributed by atoms with Crippen LogP contribution in [0.4, 0.5) is 0 Å². The van der Waals surface area contributed by atoms with Gasteiger partial charge in [0.05, 0.1) is 5.75 Å². The highest BCUT2D eigenvalue weighted by Gasteiger charge is 2.18. The third kappa shape index (κ3) is 6.09. The first-order chi connectivity index (χ1) is 7.08. The summed E-state index contributed by atoms with van der Waals surface area (Å²) < 4.78 is 24.9. The van der Waals surface area contributed by atoms with Crippen molar-refractivity contribution in [3.8, 4) is 0 Å². The Morgan fingerprint density at radius 1 is 1.33 bits per heavy atom. The maximum absolute atomic E-state index is 11.7. The van der Waals surface area contributed by atoms with Crippen molar-refractivity contribution in [2.75, 3.05) is 38.5 Å². The van der Waals surface area contributed by atoms with Crippen LogP contribution >= 0.6 is 0 Å². The molecule has 0 aliphatic rings. The van der Waals surface area contributed by atoms with E-state index >= 15 is 0 Å². The molecule has 5 nitrogen and oxygen atoms in total. The van der Waals surface area contributed by atoms with Crippen LogP contribution in [0.25, 0.3) is 0 Å². The van der Waals surface area contributed by atoms with Gasteiger partial charge in [-0.05, 0) is 13.0 Å². The Kier molecular flexibility index (Phi) is 7.95. The Bertz CT molecular complexity index is 242. The van der Waals surface area contributed by atoms with E-state index in [2.05, 4.69) is 5.32 Å². The van der Waals surface area contributed by atoms with E-state index in [1.165, 1.54) is 4.31 Å². The van der Waals surface area contributed by atoms with Crippen molar-refractivity contribution in [2.45, 2.75) is 20.3 Å². The fourth-order valence-corrected chi connectivity index (χ4v) is 2.71. The molecule has 15 heavy (non-hydrogen) atoms. The Morgan fingerprint density at radius 3 is 2.47 bits per heavy atom. The standard InChI is InChI=1S/C9H22N2O3S/c1-3-10-6-9-15(13,14)11(4-2)7-5-8-12/h10,12H,3-9H2,1-2H3. The molecule has 0 atom stereocenters. The molecular weight excluding hydrogens is 216 g/mol. The van der Waals surface area contributed by atoms with Gasteiger partial charge in [-0.25, -0.2) is 12.7 Å². The first kappa shape index (κ1) is 14.8. The zero-order chi connectivity index (χ0) is 11.7. The van der Waals surface area contributed by atoms with Crippen LogP contribution in [0.1, 0.15) is 20.3 Å². The minimum atomic E-state index is -3.16. The van der Waals surface area contributed by atoms with E-state index < -0.39 is 10.0 Å². The highest BCUT2D eigenvalue weighted by Crippen LogP contribution is 2.01. The third-order valence-electron chi connectivity index (χ3n) is 2.10. The van der Waals surface area contributed by atoms with Crippen LogP contribution < -0.4 is 5.32 Å². The fraction of sp³-hybridized carbons (Fsp3) is 1.00. The van der Waals surface area contributed by atoms with E-state index in [-0.39, 0.29) is 12.4 Å². The number of rotatable bonds is 9. The zero-order valence-corrected chi connectivity index (χ0v) is 10.4. The van der Waals surface area contributed by atoms with Gasteiger partial charge < -0.3 is 10.4 Å². The molecule has 0 heterocycles. The molecule has 0 saturated heterocycles. The summed E-state index contributed by atoms with van der Waals surface area (Å²) in [7, 11) is -3.16. The first-order valence-electron chi connectivity index (χ1n) is 5.37. The molecule has 0 bridgehead atoms. The fourth-order valence-electron chi connectivity index (χ4n) is 1.25. The molecule has 0 aromatic heterocycles. The van der Waals surface area contributed by atoms with Crippen molar-refractivity contribution in [1.82, 2.24) is 9.62 Å². The minimum Gasteiger partial charge on any atom is -0.396 e. The summed E-state index contributed by atoms with van der Waals surface area (Å²) in [6.45, 7) is 5.90. The highest BCUT2D eigenvalue weighted by atomic mass is 32.2. The van der Waals surface area contributed by atoms with Crippen molar-refractivity contribution in [3.63, 3.8) is 0 Å². The molecule has 0 aromatic rings. The van der Waals surface area contributed by atoms with E-state index in [9.17, 15) is 8.42 Å². The van der Waals surface area contributed by atoms with Crippen LogP contribution in [-0.4, -0.2) is 56.4 Å². The summed E-state index contributed by atoms with van der Waals surface area (Å²) in [6.07, 6.45) is 0.494. The molecule has 0 amide bonds. The topological polar surface area (TPSA) is 69.6 Å². The van der Waals surface area contributed by atoms with Crippen molar-refractivity contribution >= 4 is 10.0 Å². The maximum Gasteiger partial charge on any atom is 0.215 e. The molecule has 0 unspecified atom stereocenters. The number of sulfonamides is 1. The van der Waals surface area contributed by atoms with Gasteiger partial charge in [0.1, 0.15) is 0 Å². The first-order valence-corrected chi connectivity index (χ1v) is 6.98. The number of nitrogens with one attached hydrogen (secondary N) is 1. The molecule has 0 fully saturated rings. The van der Waals surface area contributed by atoms with Crippen LogP contribution in [0.5, 0.6) is 0 Å². The average Bonchev–Trinajstić information content (AvgIpc) is 2.19. The maximum atomic E-state index is 11.7. The molecule has 0 rings (SSSR count). The summed E-state index contributed by atoms with van der Waals surface area (Å²) in [5, 5.41) is 11.6. The normalized spacial score (nSPS) is 12.3. The van der Waals surface area contributed by atoms with Crippen molar-refractivity contribution < 1.29 is 13.5 Å². The summed E-state index contributed by atoms with van der Waals surface area (Å²) in [6, 6.07) is 0. The summed E-state index contributed by atoms with van der Waals surface area (Å²) in [5.74, 6) is 0.125. The van der Waals surface area contributed by atoms with Gasteiger partial charge in [-0.3, -0.25) is 0 Å². The summed E-state index contributed by atoms with van der Waals surface area (Å²) in [4.78, 5) is 0. The minimum absolute atomic E-state index is 0.0270. The van der Waals surface area contributed by atoms with E-state index in [0.29, 0.717) is 26.1 Å². The molecule has 2 N–H and O–H groups in total. The van der Waals surface area contributed by atoms with Gasteiger partial charge in [0.2, 0.25) is 10.0 Å². The van der Waals surface area contributed by atoms with Gasteiger partial charge in [-0.1, -0.05) is 13.8 Å². The smallest absolute Gasteiger partial charge is 0.215 e. The Hall–Kier alpha value is -0.170.